The molecule has 4 rings (SSSR count). The van der Waals surface area contributed by atoms with Gasteiger partial charge in [-0.15, -0.1) is 11.3 Å². The van der Waals surface area contributed by atoms with Crippen LogP contribution in [0.2, 0.25) is 0 Å². The highest BCUT2D eigenvalue weighted by Gasteiger charge is 2.41. The van der Waals surface area contributed by atoms with E-state index in [9.17, 15) is 30.7 Å². The van der Waals surface area contributed by atoms with Gasteiger partial charge >= 0.3 is 6.11 Å². The molecule has 0 bridgehead atoms. The maximum atomic E-state index is 14.6. The van der Waals surface area contributed by atoms with Crippen molar-refractivity contribution in [2.75, 3.05) is 0 Å². The van der Waals surface area contributed by atoms with Gasteiger partial charge in [-0.2, -0.15) is 8.78 Å². The molecule has 1 nitrogen and oxygen atoms in total. The van der Waals surface area contributed by atoms with Gasteiger partial charge in [-0.3, -0.25) is 0 Å². The number of aryl methyl sites for hydroxylation is 1. The largest absolute Gasteiger partial charge is 0.432 e. The van der Waals surface area contributed by atoms with E-state index in [4.69, 9.17) is 0 Å². The zero-order valence-electron chi connectivity index (χ0n) is 16.7. The molecule has 1 aromatic heterocycles. The molecule has 1 heterocycles. The number of hydrogen-bond donors (Lipinski definition) is 0. The Hall–Kier alpha value is -3.33. The molecule has 4 aromatic rings. The number of benzene rings is 3. The first-order valence-electron chi connectivity index (χ1n) is 9.43. The smallest absolute Gasteiger partial charge is 0.429 e. The van der Waals surface area contributed by atoms with Gasteiger partial charge in [0.05, 0.1) is 0 Å². The number of hydrogen-bond acceptors (Lipinski definition) is 2. The van der Waals surface area contributed by atoms with Gasteiger partial charge in [-0.05, 0) is 47.9 Å². The van der Waals surface area contributed by atoms with E-state index in [0.29, 0.717) is 17.7 Å². The van der Waals surface area contributed by atoms with Gasteiger partial charge in [-0.25, -0.2) is 22.0 Å². The van der Waals surface area contributed by atoms with Gasteiger partial charge in [0.1, 0.15) is 22.9 Å². The third kappa shape index (κ3) is 4.59. The molecular formula is C24H13F7OS. The van der Waals surface area contributed by atoms with Crippen LogP contribution in [0.1, 0.15) is 10.4 Å². The van der Waals surface area contributed by atoms with Crippen LogP contribution in [-0.4, -0.2) is 0 Å². The molecule has 0 spiro atoms. The summed E-state index contributed by atoms with van der Waals surface area (Å²) >= 11 is 1.57. The second-order valence-electron chi connectivity index (χ2n) is 7.12. The minimum absolute atomic E-state index is 0.00247. The lowest BCUT2D eigenvalue weighted by molar-refractivity contribution is -0.189. The number of thiophene rings is 1. The van der Waals surface area contributed by atoms with E-state index in [1.54, 1.807) is 35.6 Å². The normalized spacial score (nSPS) is 11.6. The van der Waals surface area contributed by atoms with Gasteiger partial charge in [0.2, 0.25) is 0 Å². The van der Waals surface area contributed by atoms with Gasteiger partial charge in [0, 0.05) is 21.9 Å². The number of rotatable bonds is 5. The minimum Gasteiger partial charge on any atom is -0.429 e. The van der Waals surface area contributed by atoms with E-state index in [1.165, 1.54) is 0 Å². The van der Waals surface area contributed by atoms with E-state index >= 15 is 0 Å². The van der Waals surface area contributed by atoms with E-state index < -0.39 is 46.5 Å². The Labute approximate surface area is 187 Å². The summed E-state index contributed by atoms with van der Waals surface area (Å²) in [7, 11) is 0. The van der Waals surface area contributed by atoms with Crippen LogP contribution in [-0.2, 0) is 6.11 Å². The average molecular weight is 482 g/mol. The highest BCUT2D eigenvalue weighted by Crippen LogP contribution is 2.38. The van der Waals surface area contributed by atoms with Crippen LogP contribution in [0.3, 0.4) is 0 Å². The number of halogens is 7. The Bertz CT molecular complexity index is 1280. The summed E-state index contributed by atoms with van der Waals surface area (Å²) in [5.74, 6) is -9.88. The van der Waals surface area contributed by atoms with Crippen molar-refractivity contribution in [2.24, 2.45) is 0 Å². The SMILES string of the molecule is Cc1ccc(-c2ccc(-c3cc(F)c(C(F)(F)Oc4cc(F)c(F)c(F)c4)c(F)c3)cc2)s1. The summed E-state index contributed by atoms with van der Waals surface area (Å²) in [5.41, 5.74) is -0.490. The Morgan fingerprint density at radius 3 is 1.73 bits per heavy atom. The molecule has 0 saturated heterocycles. The molecule has 0 atom stereocenters. The zero-order valence-corrected chi connectivity index (χ0v) is 17.6. The van der Waals surface area contributed by atoms with Crippen LogP contribution in [0.4, 0.5) is 30.7 Å². The molecule has 0 fully saturated rings. The van der Waals surface area contributed by atoms with E-state index in [-0.39, 0.29) is 17.7 Å². The highest BCUT2D eigenvalue weighted by atomic mass is 32.1. The first-order valence-corrected chi connectivity index (χ1v) is 10.2. The van der Waals surface area contributed by atoms with Gasteiger partial charge in [0.15, 0.2) is 17.5 Å². The fourth-order valence-corrected chi connectivity index (χ4v) is 4.10. The van der Waals surface area contributed by atoms with E-state index in [2.05, 4.69) is 4.74 Å². The lowest BCUT2D eigenvalue weighted by Gasteiger charge is -2.20. The molecule has 170 valence electrons. The standard InChI is InChI=1S/C24H13F7OS/c1-12-2-7-21(33-12)14-5-3-13(4-6-14)15-8-17(25)22(18(26)9-15)24(30,31)32-16-10-19(27)23(29)20(28)11-16/h2-11H,1H3. The van der Waals surface area contributed by atoms with Crippen molar-refractivity contribution in [3.05, 3.63) is 100 Å². The Kier molecular flexibility index (Phi) is 5.92. The van der Waals surface area contributed by atoms with Crippen LogP contribution in [0.15, 0.2) is 60.7 Å². The summed E-state index contributed by atoms with van der Waals surface area (Å²) in [6.45, 7) is 1.96. The summed E-state index contributed by atoms with van der Waals surface area (Å²) < 4.78 is 102. The van der Waals surface area contributed by atoms with Gasteiger partial charge in [0.25, 0.3) is 0 Å². The molecule has 0 saturated carbocycles. The molecule has 0 amide bonds. The molecule has 0 aliphatic heterocycles. The van der Waals surface area contributed by atoms with Crippen LogP contribution in [0, 0.1) is 36.0 Å². The second kappa shape index (κ2) is 8.55. The summed E-state index contributed by atoms with van der Waals surface area (Å²) in [6, 6.07) is 12.2. The highest BCUT2D eigenvalue weighted by molar-refractivity contribution is 7.15. The van der Waals surface area contributed by atoms with Crippen molar-refractivity contribution >= 4 is 11.3 Å². The molecule has 0 aliphatic rings. The fourth-order valence-electron chi connectivity index (χ4n) is 3.22. The second-order valence-corrected chi connectivity index (χ2v) is 8.41. The summed E-state index contributed by atoms with van der Waals surface area (Å²) in [4.78, 5) is 2.11. The molecule has 0 unspecified atom stereocenters. The third-order valence-electron chi connectivity index (χ3n) is 4.78. The quantitative estimate of drug-likeness (QED) is 0.206. The third-order valence-corrected chi connectivity index (χ3v) is 5.83. The summed E-state index contributed by atoms with van der Waals surface area (Å²) in [6.07, 6.45) is -4.63. The topological polar surface area (TPSA) is 9.23 Å². The monoisotopic (exact) mass is 482 g/mol. The van der Waals surface area contributed by atoms with Gasteiger partial charge < -0.3 is 4.74 Å². The minimum atomic E-state index is -4.63. The van der Waals surface area contributed by atoms with Crippen molar-refractivity contribution in [3.63, 3.8) is 0 Å². The summed E-state index contributed by atoms with van der Waals surface area (Å²) in [5, 5.41) is 0. The molecule has 0 radical (unpaired) electrons. The van der Waals surface area contributed by atoms with Crippen LogP contribution in [0.5, 0.6) is 5.75 Å². The van der Waals surface area contributed by atoms with Crippen molar-refractivity contribution in [1.82, 2.24) is 0 Å². The lowest BCUT2D eigenvalue weighted by Crippen LogP contribution is -2.25. The Balaban J connectivity index is 1.64. The van der Waals surface area contributed by atoms with Crippen molar-refractivity contribution in [2.45, 2.75) is 13.0 Å². The Morgan fingerprint density at radius 1 is 0.667 bits per heavy atom. The van der Waals surface area contributed by atoms with Crippen LogP contribution in [0.25, 0.3) is 21.6 Å². The van der Waals surface area contributed by atoms with E-state index in [0.717, 1.165) is 15.3 Å². The average Bonchev–Trinajstić information content (AvgIpc) is 3.17. The molecule has 0 N–H and O–H groups in total. The maximum absolute atomic E-state index is 14.6. The van der Waals surface area contributed by atoms with Gasteiger partial charge in [-0.1, -0.05) is 24.3 Å². The van der Waals surface area contributed by atoms with Crippen molar-refractivity contribution in [3.8, 4) is 27.3 Å². The van der Waals surface area contributed by atoms with Crippen LogP contribution >= 0.6 is 11.3 Å². The predicted octanol–water partition coefficient (Wildman–Crippen LogP) is 8.21. The first-order chi connectivity index (χ1) is 15.5. The maximum Gasteiger partial charge on any atom is 0.432 e. The Morgan fingerprint density at radius 2 is 1.21 bits per heavy atom. The first kappa shape index (κ1) is 22.8. The predicted molar refractivity (Wildman–Crippen MR) is 111 cm³/mol. The number of ether oxygens (including phenoxy) is 1. The zero-order chi connectivity index (χ0) is 23.9. The molecular weight excluding hydrogens is 469 g/mol. The fraction of sp³-hybridized carbons (Fsp3) is 0.0833. The molecule has 9 heteroatoms. The van der Waals surface area contributed by atoms with Crippen molar-refractivity contribution in [1.29, 1.82) is 0 Å². The number of alkyl halides is 2. The van der Waals surface area contributed by atoms with E-state index in [1.807, 2.05) is 19.1 Å². The lowest BCUT2D eigenvalue weighted by atomic mass is 10.0. The molecule has 3 aromatic carbocycles. The van der Waals surface area contributed by atoms with Crippen molar-refractivity contribution < 1.29 is 35.5 Å². The van der Waals surface area contributed by atoms with Crippen LogP contribution < -0.4 is 4.74 Å². The molecule has 0 aliphatic carbocycles. The molecule has 33 heavy (non-hydrogen) atoms.